The van der Waals surface area contributed by atoms with Crippen LogP contribution < -0.4 is 25.0 Å². The molecule has 3 rings (SSSR count). The van der Waals surface area contributed by atoms with Crippen LogP contribution in [0.5, 0.6) is 11.5 Å². The van der Waals surface area contributed by atoms with Crippen molar-refractivity contribution in [3.63, 3.8) is 0 Å². The van der Waals surface area contributed by atoms with Crippen molar-refractivity contribution in [2.45, 2.75) is 0 Å². The van der Waals surface area contributed by atoms with Crippen molar-refractivity contribution >= 4 is 52.7 Å². The molecular formula is C19H13Cl2N2O6-. The number of benzene rings is 2. The zero-order valence-corrected chi connectivity index (χ0v) is 16.4. The summed E-state index contributed by atoms with van der Waals surface area (Å²) in [7, 11) is 1.37. The van der Waals surface area contributed by atoms with E-state index < -0.39 is 24.4 Å². The number of amides is 2. The second kappa shape index (κ2) is 8.42. The fourth-order valence-electron chi connectivity index (χ4n) is 2.56. The third kappa shape index (κ3) is 4.44. The Morgan fingerprint density at radius 3 is 2.55 bits per heavy atom. The van der Waals surface area contributed by atoms with E-state index in [1.54, 1.807) is 12.1 Å². The van der Waals surface area contributed by atoms with Gasteiger partial charge in [0, 0.05) is 0 Å². The minimum atomic E-state index is -1.38. The number of methoxy groups -OCH3 is 1. The normalized spacial score (nSPS) is 14.9. The summed E-state index contributed by atoms with van der Waals surface area (Å²) in [6.45, 7) is -0.643. The van der Waals surface area contributed by atoms with Gasteiger partial charge in [-0.2, -0.15) is 0 Å². The summed E-state index contributed by atoms with van der Waals surface area (Å²) in [5, 5.41) is 12.2. The van der Waals surface area contributed by atoms with E-state index in [4.69, 9.17) is 32.7 Å². The van der Waals surface area contributed by atoms with Crippen LogP contribution in [0.1, 0.15) is 5.56 Å². The minimum absolute atomic E-state index is 0.110. The smallest absolute Gasteiger partial charge is 0.282 e. The summed E-state index contributed by atoms with van der Waals surface area (Å²) in [5.74, 6) is -2.15. The van der Waals surface area contributed by atoms with Gasteiger partial charge in [-0.3, -0.25) is 15.0 Å². The first-order valence-electron chi connectivity index (χ1n) is 8.13. The van der Waals surface area contributed by atoms with Gasteiger partial charge in [-0.25, -0.2) is 5.01 Å². The zero-order valence-electron chi connectivity index (χ0n) is 14.9. The van der Waals surface area contributed by atoms with Crippen molar-refractivity contribution in [1.29, 1.82) is 0 Å². The van der Waals surface area contributed by atoms with Gasteiger partial charge in [-0.05, 0) is 42.0 Å². The van der Waals surface area contributed by atoms with Crippen LogP contribution >= 0.6 is 23.2 Å². The Bertz CT molecular complexity index is 1040. The van der Waals surface area contributed by atoms with Gasteiger partial charge in [0.1, 0.15) is 12.2 Å². The van der Waals surface area contributed by atoms with Crippen LogP contribution in [0.2, 0.25) is 10.0 Å². The van der Waals surface area contributed by atoms with Crippen molar-refractivity contribution in [2.24, 2.45) is 0 Å². The number of ether oxygens (including phenoxy) is 2. The van der Waals surface area contributed by atoms with Crippen LogP contribution in [-0.2, 0) is 14.4 Å². The molecule has 1 N–H and O–H groups in total. The highest BCUT2D eigenvalue weighted by Crippen LogP contribution is 2.31. The van der Waals surface area contributed by atoms with Gasteiger partial charge in [0.2, 0.25) is 0 Å². The standard InChI is InChI=1S/C19H14Cl2N2O6/c1-28-16-7-10(2-5-15(16)29-9-17(24)25)6-12-18(26)22-23(19(12)27)11-3-4-13(20)14(21)8-11/h2-8H,9H2,1H3,(H,22,26)(H,24,25)/p-1/b12-6-. The van der Waals surface area contributed by atoms with Crippen LogP contribution in [0.3, 0.4) is 0 Å². The van der Waals surface area contributed by atoms with Gasteiger partial charge >= 0.3 is 0 Å². The van der Waals surface area contributed by atoms with Crippen molar-refractivity contribution < 1.29 is 29.0 Å². The summed E-state index contributed by atoms with van der Waals surface area (Å²) in [4.78, 5) is 35.5. The summed E-state index contributed by atoms with van der Waals surface area (Å²) in [5.41, 5.74) is 3.17. The predicted molar refractivity (Wildman–Crippen MR) is 104 cm³/mol. The number of halogens is 2. The monoisotopic (exact) mass is 435 g/mol. The topological polar surface area (TPSA) is 108 Å². The molecule has 10 heteroatoms. The van der Waals surface area contributed by atoms with Gasteiger partial charge in [-0.1, -0.05) is 29.3 Å². The Morgan fingerprint density at radius 2 is 1.90 bits per heavy atom. The number of carbonyl (C=O) groups excluding carboxylic acids is 3. The van der Waals surface area contributed by atoms with Gasteiger partial charge in [0.05, 0.1) is 28.8 Å². The maximum Gasteiger partial charge on any atom is 0.282 e. The van der Waals surface area contributed by atoms with Crippen molar-refractivity contribution in [1.82, 2.24) is 5.43 Å². The van der Waals surface area contributed by atoms with E-state index in [0.29, 0.717) is 16.3 Å². The van der Waals surface area contributed by atoms with Crippen LogP contribution in [0.25, 0.3) is 6.08 Å². The first-order chi connectivity index (χ1) is 13.8. The van der Waals surface area contributed by atoms with Crippen LogP contribution in [0, 0.1) is 0 Å². The molecule has 0 radical (unpaired) electrons. The molecular weight excluding hydrogens is 423 g/mol. The first-order valence-corrected chi connectivity index (χ1v) is 8.88. The number of hydrogen-bond donors (Lipinski definition) is 1. The van der Waals surface area contributed by atoms with E-state index in [1.807, 2.05) is 0 Å². The SMILES string of the molecule is COc1cc(/C=C2/C(=O)NN(c3ccc(Cl)c(Cl)c3)C2=O)ccc1OCC(=O)[O-]. The number of carboxylic acid groups (broad SMARTS) is 1. The van der Waals surface area contributed by atoms with Crippen LogP contribution in [-0.4, -0.2) is 31.5 Å². The van der Waals surface area contributed by atoms with E-state index >= 15 is 0 Å². The fourth-order valence-corrected chi connectivity index (χ4v) is 2.85. The fraction of sp³-hybridized carbons (Fsp3) is 0.105. The predicted octanol–water partition coefficient (Wildman–Crippen LogP) is 1.59. The molecule has 150 valence electrons. The number of hydrogen-bond acceptors (Lipinski definition) is 6. The zero-order chi connectivity index (χ0) is 21.1. The van der Waals surface area contributed by atoms with Crippen molar-refractivity contribution in [3.8, 4) is 11.5 Å². The lowest BCUT2D eigenvalue weighted by atomic mass is 10.1. The summed E-state index contributed by atoms with van der Waals surface area (Å²) >= 11 is 11.8. The van der Waals surface area contributed by atoms with Crippen LogP contribution in [0.4, 0.5) is 5.69 Å². The second-order valence-electron chi connectivity index (χ2n) is 5.81. The molecule has 2 amide bonds. The molecule has 0 aromatic heterocycles. The van der Waals surface area contributed by atoms with Crippen molar-refractivity contribution in [3.05, 3.63) is 57.6 Å². The maximum absolute atomic E-state index is 12.7. The van der Waals surface area contributed by atoms with Gasteiger partial charge in [0.25, 0.3) is 11.8 Å². The molecule has 0 saturated carbocycles. The molecule has 0 spiro atoms. The summed E-state index contributed by atoms with van der Waals surface area (Å²) in [6, 6.07) is 9.01. The van der Waals surface area contributed by atoms with E-state index in [0.717, 1.165) is 5.01 Å². The highest BCUT2D eigenvalue weighted by atomic mass is 35.5. The summed E-state index contributed by atoms with van der Waals surface area (Å²) < 4.78 is 10.2. The molecule has 1 aliphatic rings. The van der Waals surface area contributed by atoms with Crippen LogP contribution in [0.15, 0.2) is 42.0 Å². The Balaban J connectivity index is 1.87. The van der Waals surface area contributed by atoms with Gasteiger partial charge in [-0.15, -0.1) is 0 Å². The molecule has 0 unspecified atom stereocenters. The maximum atomic E-state index is 12.7. The highest BCUT2D eigenvalue weighted by Gasteiger charge is 2.34. The molecule has 1 aliphatic heterocycles. The van der Waals surface area contributed by atoms with Gasteiger partial charge in [0.15, 0.2) is 11.5 Å². The lowest BCUT2D eigenvalue weighted by Gasteiger charge is -2.15. The van der Waals surface area contributed by atoms with E-state index in [-0.39, 0.29) is 22.1 Å². The molecule has 1 fully saturated rings. The molecule has 0 aliphatic carbocycles. The molecule has 8 nitrogen and oxygen atoms in total. The number of nitrogens with one attached hydrogen (secondary N) is 1. The number of carbonyl (C=O) groups is 3. The number of rotatable bonds is 6. The minimum Gasteiger partial charge on any atom is -0.546 e. The third-order valence-electron chi connectivity index (χ3n) is 3.90. The lowest BCUT2D eigenvalue weighted by Crippen LogP contribution is -2.35. The third-order valence-corrected chi connectivity index (χ3v) is 4.64. The second-order valence-corrected chi connectivity index (χ2v) is 6.62. The number of aliphatic carboxylic acids is 1. The Kier molecular flexibility index (Phi) is 5.95. The molecule has 1 heterocycles. The van der Waals surface area contributed by atoms with E-state index in [2.05, 4.69) is 5.43 Å². The molecule has 29 heavy (non-hydrogen) atoms. The lowest BCUT2D eigenvalue weighted by molar-refractivity contribution is -0.307. The highest BCUT2D eigenvalue weighted by molar-refractivity contribution is 6.42. The number of anilines is 1. The average molecular weight is 436 g/mol. The van der Waals surface area contributed by atoms with E-state index in [1.165, 1.54) is 37.5 Å². The molecule has 2 aromatic rings. The number of nitrogens with zero attached hydrogens (tertiary/aromatic N) is 1. The first kappa shape index (κ1) is 20.5. The Morgan fingerprint density at radius 1 is 1.14 bits per heavy atom. The molecule has 0 atom stereocenters. The Hall–Kier alpha value is -3.23. The number of carboxylic acids is 1. The summed E-state index contributed by atoms with van der Waals surface area (Å²) in [6.07, 6.45) is 1.38. The molecule has 1 saturated heterocycles. The largest absolute Gasteiger partial charge is 0.546 e. The van der Waals surface area contributed by atoms with Gasteiger partial charge < -0.3 is 19.4 Å². The molecule has 0 bridgehead atoms. The molecule has 2 aromatic carbocycles. The quantitative estimate of drug-likeness (QED) is 0.545. The number of hydrazine groups is 1. The average Bonchev–Trinajstić information content (AvgIpc) is 2.97. The van der Waals surface area contributed by atoms with E-state index in [9.17, 15) is 19.5 Å². The Labute approximate surface area is 175 Å². The van der Waals surface area contributed by atoms with Crippen molar-refractivity contribution in [2.75, 3.05) is 18.7 Å².